The second-order valence-corrected chi connectivity index (χ2v) is 7.74. The third kappa shape index (κ3) is 3.27. The Kier molecular flexibility index (Phi) is 4.05. The van der Waals surface area contributed by atoms with Crippen molar-refractivity contribution in [2.45, 2.75) is 51.0 Å². The largest absolute Gasteiger partial charge is 0.376 e. The minimum absolute atomic E-state index is 0.0244. The first-order valence-electron chi connectivity index (χ1n) is 8.44. The molecule has 1 aromatic heterocycles. The molecule has 5 nitrogen and oxygen atoms in total. The molecule has 1 N–H and O–H groups in total. The molecule has 1 saturated heterocycles. The number of fused-ring (bicyclic) bond motifs is 1. The first-order chi connectivity index (χ1) is 10.8. The van der Waals surface area contributed by atoms with Crippen LogP contribution in [0.3, 0.4) is 0 Å². The van der Waals surface area contributed by atoms with Crippen molar-refractivity contribution in [3.63, 3.8) is 0 Å². The molecule has 22 heavy (non-hydrogen) atoms. The van der Waals surface area contributed by atoms with Gasteiger partial charge in [-0.1, -0.05) is 0 Å². The lowest BCUT2D eigenvalue weighted by molar-refractivity contribution is 0.0543. The molecule has 1 aromatic rings. The van der Waals surface area contributed by atoms with Gasteiger partial charge in [0.05, 0.1) is 11.8 Å². The zero-order chi connectivity index (χ0) is 14.9. The van der Waals surface area contributed by atoms with Gasteiger partial charge in [-0.05, 0) is 50.9 Å². The number of ether oxygens (including phenoxy) is 1. The van der Waals surface area contributed by atoms with E-state index >= 15 is 0 Å². The highest BCUT2D eigenvalue weighted by Crippen LogP contribution is 2.31. The number of carbonyl (C=O) groups excluding carboxylic acids is 1. The van der Waals surface area contributed by atoms with Gasteiger partial charge < -0.3 is 9.64 Å². The number of nitrogens with one attached hydrogen (secondary N) is 1. The number of aromatic nitrogens is 1. The van der Waals surface area contributed by atoms with Crippen LogP contribution in [0.4, 0.5) is 9.93 Å². The number of amides is 2. The van der Waals surface area contributed by atoms with Gasteiger partial charge in [0.25, 0.3) is 0 Å². The van der Waals surface area contributed by atoms with Gasteiger partial charge in [-0.3, -0.25) is 5.32 Å². The monoisotopic (exact) mass is 321 g/mol. The Morgan fingerprint density at radius 3 is 3.00 bits per heavy atom. The van der Waals surface area contributed by atoms with Crippen molar-refractivity contribution in [3.8, 4) is 0 Å². The van der Waals surface area contributed by atoms with Crippen LogP contribution in [0.25, 0.3) is 0 Å². The number of urea groups is 1. The minimum Gasteiger partial charge on any atom is -0.376 e. The van der Waals surface area contributed by atoms with Gasteiger partial charge in [-0.2, -0.15) is 0 Å². The van der Waals surface area contributed by atoms with Crippen LogP contribution in [0.15, 0.2) is 0 Å². The zero-order valence-corrected chi connectivity index (χ0v) is 13.7. The molecule has 2 amide bonds. The predicted molar refractivity (Wildman–Crippen MR) is 86.4 cm³/mol. The third-order valence-corrected chi connectivity index (χ3v) is 5.83. The quantitative estimate of drug-likeness (QED) is 0.927. The second-order valence-electron chi connectivity index (χ2n) is 6.66. The number of thiazole rings is 1. The van der Waals surface area contributed by atoms with E-state index in [1.54, 1.807) is 11.3 Å². The Bertz CT molecular complexity index is 532. The maximum absolute atomic E-state index is 12.3. The average Bonchev–Trinajstić information content (AvgIpc) is 3.08. The van der Waals surface area contributed by atoms with Crippen LogP contribution >= 0.6 is 11.3 Å². The molecule has 6 heteroatoms. The smallest absolute Gasteiger partial charge is 0.323 e. The van der Waals surface area contributed by atoms with Crippen LogP contribution in [-0.4, -0.2) is 41.7 Å². The van der Waals surface area contributed by atoms with Gasteiger partial charge >= 0.3 is 6.03 Å². The number of hydrogen-bond donors (Lipinski definition) is 1. The number of rotatable bonds is 4. The van der Waals surface area contributed by atoms with Crippen molar-refractivity contribution in [1.29, 1.82) is 0 Å². The molecule has 0 aromatic carbocycles. The van der Waals surface area contributed by atoms with Crippen molar-refractivity contribution >= 4 is 22.5 Å². The minimum atomic E-state index is -0.0244. The zero-order valence-electron chi connectivity index (χ0n) is 12.8. The first kappa shape index (κ1) is 14.5. The summed E-state index contributed by atoms with van der Waals surface area (Å²) in [6.45, 7) is 2.37. The molecule has 120 valence electrons. The fourth-order valence-electron chi connectivity index (χ4n) is 3.18. The lowest BCUT2D eigenvalue weighted by atomic mass is 10.0. The number of aryl methyl sites for hydroxylation is 2. The normalized spacial score (nSPS) is 24.4. The lowest BCUT2D eigenvalue weighted by Gasteiger charge is -2.16. The Hall–Kier alpha value is -1.14. The summed E-state index contributed by atoms with van der Waals surface area (Å²) in [5.74, 6) is 0.782. The van der Waals surface area contributed by atoms with E-state index in [4.69, 9.17) is 4.74 Å². The van der Waals surface area contributed by atoms with Crippen LogP contribution in [-0.2, 0) is 17.6 Å². The molecule has 1 unspecified atom stereocenters. The van der Waals surface area contributed by atoms with Crippen LogP contribution in [0, 0.1) is 5.92 Å². The van der Waals surface area contributed by atoms with Gasteiger partial charge in [0.2, 0.25) is 0 Å². The Balaban J connectivity index is 1.29. The number of carbonyl (C=O) groups is 1. The molecular formula is C16H23N3O2S. The molecule has 1 atom stereocenters. The second kappa shape index (κ2) is 6.16. The Labute approximate surface area is 135 Å². The molecule has 1 saturated carbocycles. The average molecular weight is 321 g/mol. The van der Waals surface area contributed by atoms with Crippen molar-refractivity contribution < 1.29 is 9.53 Å². The molecule has 2 aliphatic carbocycles. The van der Waals surface area contributed by atoms with E-state index in [9.17, 15) is 4.79 Å². The molecular weight excluding hydrogens is 298 g/mol. The highest BCUT2D eigenvalue weighted by atomic mass is 32.1. The van der Waals surface area contributed by atoms with E-state index in [1.807, 2.05) is 4.90 Å². The highest BCUT2D eigenvalue weighted by molar-refractivity contribution is 7.15. The van der Waals surface area contributed by atoms with E-state index in [1.165, 1.54) is 36.3 Å². The number of nitrogens with zero attached hydrogens (tertiary/aromatic N) is 2. The summed E-state index contributed by atoms with van der Waals surface area (Å²) in [5, 5.41) is 3.74. The Morgan fingerprint density at radius 2 is 2.18 bits per heavy atom. The fraction of sp³-hybridized carbons (Fsp3) is 0.750. The summed E-state index contributed by atoms with van der Waals surface area (Å²) < 4.78 is 5.89. The molecule has 0 bridgehead atoms. The summed E-state index contributed by atoms with van der Waals surface area (Å²) in [6.07, 6.45) is 8.43. The van der Waals surface area contributed by atoms with Crippen LogP contribution in [0.1, 0.15) is 42.7 Å². The molecule has 3 aliphatic rings. The molecule has 4 rings (SSSR count). The molecule has 0 radical (unpaired) electrons. The maximum atomic E-state index is 12.3. The van der Waals surface area contributed by atoms with Crippen molar-refractivity contribution in [2.24, 2.45) is 5.92 Å². The summed E-state index contributed by atoms with van der Waals surface area (Å²) in [4.78, 5) is 20.1. The molecule has 2 fully saturated rings. The van der Waals surface area contributed by atoms with E-state index in [0.717, 1.165) is 43.5 Å². The third-order valence-electron chi connectivity index (χ3n) is 4.76. The standard InChI is InChI=1S/C16H23N3O2S/c20-16(18-15-17-13-3-1-2-4-14(13)22-15)19-8-7-12(9-19)21-10-11-5-6-11/h11-12H,1-10H2,(H,17,18,20). The number of likely N-dealkylation sites (tertiary alicyclic amines) is 1. The highest BCUT2D eigenvalue weighted by Gasteiger charge is 2.30. The number of anilines is 1. The van der Waals surface area contributed by atoms with Crippen LogP contribution < -0.4 is 5.32 Å². The molecule has 0 spiro atoms. The van der Waals surface area contributed by atoms with Crippen molar-refractivity contribution in [3.05, 3.63) is 10.6 Å². The van der Waals surface area contributed by atoms with Crippen LogP contribution in [0.5, 0.6) is 0 Å². The predicted octanol–water partition coefficient (Wildman–Crippen LogP) is 3.05. The lowest BCUT2D eigenvalue weighted by Crippen LogP contribution is -2.34. The van der Waals surface area contributed by atoms with E-state index < -0.39 is 0 Å². The topological polar surface area (TPSA) is 54.5 Å². The summed E-state index contributed by atoms with van der Waals surface area (Å²) in [7, 11) is 0. The summed E-state index contributed by atoms with van der Waals surface area (Å²) >= 11 is 1.64. The summed E-state index contributed by atoms with van der Waals surface area (Å²) in [6, 6.07) is -0.0244. The SMILES string of the molecule is O=C(Nc1nc2c(s1)CCCC2)N1CCC(OCC2CC2)C1. The van der Waals surface area contributed by atoms with Crippen molar-refractivity contribution in [1.82, 2.24) is 9.88 Å². The van der Waals surface area contributed by atoms with E-state index in [0.29, 0.717) is 6.54 Å². The van der Waals surface area contributed by atoms with E-state index in [2.05, 4.69) is 10.3 Å². The maximum Gasteiger partial charge on any atom is 0.323 e. The van der Waals surface area contributed by atoms with Gasteiger partial charge in [-0.25, -0.2) is 9.78 Å². The first-order valence-corrected chi connectivity index (χ1v) is 9.25. The fourth-order valence-corrected chi connectivity index (χ4v) is 4.22. The molecule has 1 aliphatic heterocycles. The van der Waals surface area contributed by atoms with Gasteiger partial charge in [-0.15, -0.1) is 11.3 Å². The van der Waals surface area contributed by atoms with E-state index in [-0.39, 0.29) is 12.1 Å². The molecule has 2 heterocycles. The van der Waals surface area contributed by atoms with Gasteiger partial charge in [0, 0.05) is 24.6 Å². The number of hydrogen-bond acceptors (Lipinski definition) is 4. The van der Waals surface area contributed by atoms with Crippen LogP contribution in [0.2, 0.25) is 0 Å². The van der Waals surface area contributed by atoms with Crippen molar-refractivity contribution in [2.75, 3.05) is 25.0 Å². The Morgan fingerprint density at radius 1 is 1.32 bits per heavy atom. The van der Waals surface area contributed by atoms with Gasteiger partial charge in [0.1, 0.15) is 0 Å². The summed E-state index contributed by atoms with van der Waals surface area (Å²) in [5.41, 5.74) is 1.19. The van der Waals surface area contributed by atoms with Gasteiger partial charge in [0.15, 0.2) is 5.13 Å².